The molecular weight excluding hydrogens is 296 g/mol. The first-order valence-electron chi connectivity index (χ1n) is 6.31. The molecule has 1 aliphatic heterocycles. The minimum absolute atomic E-state index is 0.144. The van der Waals surface area contributed by atoms with E-state index in [1.807, 2.05) is 6.92 Å². The molecule has 18 heavy (non-hydrogen) atoms. The van der Waals surface area contributed by atoms with Gasteiger partial charge in [-0.2, -0.15) is 4.98 Å². The summed E-state index contributed by atoms with van der Waals surface area (Å²) in [6.45, 7) is 6.06. The van der Waals surface area contributed by atoms with Crippen LogP contribution in [0.2, 0.25) is 0 Å². The number of nitrogens with one attached hydrogen (secondary N) is 1. The van der Waals surface area contributed by atoms with Crippen molar-refractivity contribution in [3.05, 3.63) is 10.7 Å². The first-order chi connectivity index (χ1) is 8.67. The number of aromatic nitrogens is 2. The summed E-state index contributed by atoms with van der Waals surface area (Å²) in [4.78, 5) is 10.9. The van der Waals surface area contributed by atoms with Crippen molar-refractivity contribution >= 4 is 27.7 Å². The van der Waals surface area contributed by atoms with E-state index in [4.69, 9.17) is 0 Å². The fourth-order valence-corrected chi connectivity index (χ4v) is 2.77. The van der Waals surface area contributed by atoms with E-state index in [1.165, 1.54) is 0 Å². The highest BCUT2D eigenvalue weighted by Crippen LogP contribution is 2.33. The molecule has 2 N–H and O–H groups in total. The molecule has 100 valence electrons. The van der Waals surface area contributed by atoms with Crippen molar-refractivity contribution in [3.8, 4) is 0 Å². The van der Waals surface area contributed by atoms with E-state index in [9.17, 15) is 5.11 Å². The second-order valence-electron chi connectivity index (χ2n) is 4.60. The lowest BCUT2D eigenvalue weighted by atomic mass is 10.0. The van der Waals surface area contributed by atoms with Crippen LogP contribution in [0.4, 0.5) is 11.8 Å². The Kier molecular flexibility index (Phi) is 4.40. The molecule has 1 aromatic rings. The summed E-state index contributed by atoms with van der Waals surface area (Å²) < 4.78 is 0.872. The van der Waals surface area contributed by atoms with Crippen molar-refractivity contribution in [1.82, 2.24) is 9.97 Å². The molecule has 0 amide bonds. The zero-order valence-corrected chi connectivity index (χ0v) is 12.3. The second-order valence-corrected chi connectivity index (χ2v) is 5.46. The van der Waals surface area contributed by atoms with Crippen molar-refractivity contribution in [2.45, 2.75) is 26.3 Å². The van der Waals surface area contributed by atoms with Crippen LogP contribution >= 0.6 is 15.9 Å². The molecule has 5 nitrogen and oxygen atoms in total. The predicted molar refractivity (Wildman–Crippen MR) is 75.9 cm³/mol. The SMILES string of the molecule is CCNc1ncc(Br)c(N2CCC(C)C2CO)n1. The third-order valence-corrected chi connectivity index (χ3v) is 3.96. The molecule has 0 aromatic carbocycles. The molecule has 6 heteroatoms. The van der Waals surface area contributed by atoms with E-state index >= 15 is 0 Å². The Bertz CT molecular complexity index is 415. The van der Waals surface area contributed by atoms with Crippen LogP contribution in [0.25, 0.3) is 0 Å². The van der Waals surface area contributed by atoms with Gasteiger partial charge in [-0.15, -0.1) is 0 Å². The van der Waals surface area contributed by atoms with Gasteiger partial charge in [0.1, 0.15) is 5.82 Å². The number of anilines is 2. The summed E-state index contributed by atoms with van der Waals surface area (Å²) in [7, 11) is 0. The molecule has 0 radical (unpaired) electrons. The zero-order valence-electron chi connectivity index (χ0n) is 10.7. The maximum atomic E-state index is 9.52. The van der Waals surface area contributed by atoms with Crippen molar-refractivity contribution < 1.29 is 5.11 Å². The summed E-state index contributed by atoms with van der Waals surface area (Å²) in [5, 5.41) is 12.6. The minimum Gasteiger partial charge on any atom is -0.394 e. The van der Waals surface area contributed by atoms with Crippen molar-refractivity contribution in [2.24, 2.45) is 5.92 Å². The van der Waals surface area contributed by atoms with Crippen LogP contribution in [-0.4, -0.2) is 40.8 Å². The van der Waals surface area contributed by atoms with Gasteiger partial charge in [-0.05, 0) is 35.2 Å². The van der Waals surface area contributed by atoms with Crippen LogP contribution in [0, 0.1) is 5.92 Å². The smallest absolute Gasteiger partial charge is 0.224 e. The number of nitrogens with zero attached hydrogens (tertiary/aromatic N) is 3. The molecule has 0 aliphatic carbocycles. The summed E-state index contributed by atoms with van der Waals surface area (Å²) in [6, 6.07) is 0.144. The van der Waals surface area contributed by atoms with Crippen molar-refractivity contribution in [3.63, 3.8) is 0 Å². The largest absolute Gasteiger partial charge is 0.394 e. The number of aliphatic hydroxyl groups excluding tert-OH is 1. The summed E-state index contributed by atoms with van der Waals surface area (Å²) in [6.07, 6.45) is 2.84. The van der Waals surface area contributed by atoms with Crippen LogP contribution in [0.15, 0.2) is 10.7 Å². The van der Waals surface area contributed by atoms with E-state index in [2.05, 4.69) is 43.0 Å². The third-order valence-electron chi connectivity index (χ3n) is 3.40. The second kappa shape index (κ2) is 5.84. The van der Waals surface area contributed by atoms with Crippen molar-refractivity contribution in [2.75, 3.05) is 29.9 Å². The summed E-state index contributed by atoms with van der Waals surface area (Å²) in [5.74, 6) is 1.98. The van der Waals surface area contributed by atoms with E-state index in [0.29, 0.717) is 11.9 Å². The summed E-state index contributed by atoms with van der Waals surface area (Å²) in [5.41, 5.74) is 0. The fourth-order valence-electron chi connectivity index (χ4n) is 2.35. The number of hydrogen-bond donors (Lipinski definition) is 2. The predicted octanol–water partition coefficient (Wildman–Crippen LogP) is 1.88. The lowest BCUT2D eigenvalue weighted by Crippen LogP contribution is -2.36. The van der Waals surface area contributed by atoms with Crippen LogP contribution in [-0.2, 0) is 0 Å². The van der Waals surface area contributed by atoms with Gasteiger partial charge in [-0.3, -0.25) is 0 Å². The molecule has 1 saturated heterocycles. The van der Waals surface area contributed by atoms with Crippen LogP contribution < -0.4 is 10.2 Å². The molecule has 0 spiro atoms. The topological polar surface area (TPSA) is 61.3 Å². The highest BCUT2D eigenvalue weighted by atomic mass is 79.9. The highest BCUT2D eigenvalue weighted by molar-refractivity contribution is 9.10. The number of rotatable bonds is 4. The highest BCUT2D eigenvalue weighted by Gasteiger charge is 2.32. The van der Waals surface area contributed by atoms with Gasteiger partial charge < -0.3 is 15.3 Å². The Morgan fingerprint density at radius 2 is 2.39 bits per heavy atom. The Morgan fingerprint density at radius 1 is 1.61 bits per heavy atom. The lowest BCUT2D eigenvalue weighted by molar-refractivity contribution is 0.244. The molecule has 0 bridgehead atoms. The molecule has 0 saturated carbocycles. The zero-order chi connectivity index (χ0) is 13.1. The van der Waals surface area contributed by atoms with Crippen LogP contribution in [0.3, 0.4) is 0 Å². The first-order valence-corrected chi connectivity index (χ1v) is 7.10. The average Bonchev–Trinajstić information content (AvgIpc) is 2.73. The van der Waals surface area contributed by atoms with Gasteiger partial charge in [0.15, 0.2) is 0 Å². The molecule has 2 rings (SSSR count). The maximum absolute atomic E-state index is 9.52. The monoisotopic (exact) mass is 314 g/mol. The quantitative estimate of drug-likeness (QED) is 0.888. The molecule has 2 atom stereocenters. The first kappa shape index (κ1) is 13.5. The standard InChI is InChI=1S/C12H19BrN4O/c1-3-14-12-15-6-9(13)11(16-12)17-5-4-8(2)10(17)7-18/h6,8,10,18H,3-5,7H2,1-2H3,(H,14,15,16). The Morgan fingerprint density at radius 3 is 3.06 bits per heavy atom. The lowest BCUT2D eigenvalue weighted by Gasteiger charge is -2.27. The molecule has 1 aromatic heterocycles. The summed E-state index contributed by atoms with van der Waals surface area (Å²) >= 11 is 3.49. The Balaban J connectivity index is 2.29. The van der Waals surface area contributed by atoms with Crippen LogP contribution in [0.1, 0.15) is 20.3 Å². The third kappa shape index (κ3) is 2.59. The van der Waals surface area contributed by atoms with Gasteiger partial charge in [0, 0.05) is 19.3 Å². The van der Waals surface area contributed by atoms with Gasteiger partial charge in [0.2, 0.25) is 5.95 Å². The van der Waals surface area contributed by atoms with Crippen molar-refractivity contribution in [1.29, 1.82) is 0 Å². The van der Waals surface area contributed by atoms with Crippen LogP contribution in [0.5, 0.6) is 0 Å². The molecular formula is C12H19BrN4O. The van der Waals surface area contributed by atoms with E-state index in [0.717, 1.165) is 29.8 Å². The maximum Gasteiger partial charge on any atom is 0.224 e. The average molecular weight is 315 g/mol. The molecule has 1 fully saturated rings. The van der Waals surface area contributed by atoms with Gasteiger partial charge in [-0.25, -0.2) is 4.98 Å². The number of aliphatic hydroxyl groups is 1. The van der Waals surface area contributed by atoms with Gasteiger partial charge in [-0.1, -0.05) is 6.92 Å². The van der Waals surface area contributed by atoms with E-state index in [-0.39, 0.29) is 12.6 Å². The molecule has 1 aliphatic rings. The van der Waals surface area contributed by atoms with Gasteiger partial charge in [0.25, 0.3) is 0 Å². The molecule has 2 unspecified atom stereocenters. The van der Waals surface area contributed by atoms with Gasteiger partial charge in [0.05, 0.1) is 17.1 Å². The van der Waals surface area contributed by atoms with E-state index < -0.39 is 0 Å². The molecule has 2 heterocycles. The van der Waals surface area contributed by atoms with E-state index in [1.54, 1.807) is 6.20 Å². The normalized spacial score (nSPS) is 23.4. The Labute approximate surface area is 116 Å². The number of halogens is 1. The Hall–Kier alpha value is -0.880. The van der Waals surface area contributed by atoms with Gasteiger partial charge >= 0.3 is 0 Å². The minimum atomic E-state index is 0.144. The fraction of sp³-hybridized carbons (Fsp3) is 0.667. The number of hydrogen-bond acceptors (Lipinski definition) is 5.